The van der Waals surface area contributed by atoms with E-state index in [0.29, 0.717) is 5.70 Å². The minimum absolute atomic E-state index is 0.0519. The second kappa shape index (κ2) is 9.58. The molecule has 106 valence electrons. The summed E-state index contributed by atoms with van der Waals surface area (Å²) in [5.74, 6) is 0. The Bertz CT molecular complexity index is 588. The molecule has 0 aliphatic heterocycles. The maximum Gasteiger partial charge on any atom is 0.261 e. The van der Waals surface area contributed by atoms with Gasteiger partial charge in [-0.05, 0) is 24.3 Å². The Morgan fingerprint density at radius 1 is 0.800 bits per heavy atom. The topological polar surface area (TPSA) is 46.2 Å². The van der Waals surface area contributed by atoms with Gasteiger partial charge >= 0.3 is 0 Å². The average molecular weight is 289 g/mol. The highest BCUT2D eigenvalue weighted by molar-refractivity contribution is 7.93. The van der Waals surface area contributed by atoms with Crippen LogP contribution in [0.3, 0.4) is 0 Å². The summed E-state index contributed by atoms with van der Waals surface area (Å²) in [6, 6.07) is 0. The van der Waals surface area contributed by atoms with Crippen LogP contribution in [0, 0.1) is 0 Å². The van der Waals surface area contributed by atoms with E-state index in [9.17, 15) is 8.42 Å². The zero-order valence-electron chi connectivity index (χ0n) is 11.3. The first-order valence-electron chi connectivity index (χ1n) is 5.78. The summed E-state index contributed by atoms with van der Waals surface area (Å²) in [6.07, 6.45) is 15.3. The van der Waals surface area contributed by atoms with Crippen molar-refractivity contribution in [1.29, 1.82) is 0 Å². The summed E-state index contributed by atoms with van der Waals surface area (Å²) in [7, 11) is -3.69. The van der Waals surface area contributed by atoms with Crippen molar-refractivity contribution in [3.63, 3.8) is 0 Å². The molecule has 0 rings (SSSR count). The summed E-state index contributed by atoms with van der Waals surface area (Å²) < 4.78 is 26.6. The zero-order chi connectivity index (χ0) is 15.4. The van der Waals surface area contributed by atoms with Gasteiger partial charge < -0.3 is 0 Å². The van der Waals surface area contributed by atoms with Crippen LogP contribution in [-0.4, -0.2) is 8.42 Å². The van der Waals surface area contributed by atoms with Crippen LogP contribution < -0.4 is 4.72 Å². The van der Waals surface area contributed by atoms with Gasteiger partial charge in [0.05, 0.1) is 4.91 Å². The lowest BCUT2D eigenvalue weighted by Crippen LogP contribution is -2.23. The number of hydrogen-bond donors (Lipinski definition) is 1. The van der Waals surface area contributed by atoms with Gasteiger partial charge in [0.2, 0.25) is 0 Å². The van der Waals surface area contributed by atoms with E-state index in [0.717, 1.165) is 0 Å². The molecule has 0 saturated carbocycles. The second-order valence-electron chi connectivity index (χ2n) is 3.45. The monoisotopic (exact) mass is 289 g/mol. The first-order chi connectivity index (χ1) is 9.51. The summed E-state index contributed by atoms with van der Waals surface area (Å²) in [5, 5.41) is 0. The van der Waals surface area contributed by atoms with Gasteiger partial charge in [-0.3, -0.25) is 4.72 Å². The second-order valence-corrected chi connectivity index (χ2v) is 5.13. The molecule has 0 radical (unpaired) electrons. The third-order valence-electron chi connectivity index (χ3n) is 2.01. The highest BCUT2D eigenvalue weighted by Gasteiger charge is 2.13. The van der Waals surface area contributed by atoms with Gasteiger partial charge in [-0.2, -0.15) is 0 Å². The quantitative estimate of drug-likeness (QED) is 0.660. The van der Waals surface area contributed by atoms with Crippen molar-refractivity contribution in [2.45, 2.75) is 0 Å². The fourth-order valence-corrected chi connectivity index (χ4v) is 2.15. The van der Waals surface area contributed by atoms with Crippen LogP contribution in [0.4, 0.5) is 0 Å². The predicted molar refractivity (Wildman–Crippen MR) is 87.3 cm³/mol. The van der Waals surface area contributed by atoms with Crippen molar-refractivity contribution in [3.8, 4) is 0 Å². The van der Waals surface area contributed by atoms with E-state index in [4.69, 9.17) is 0 Å². The van der Waals surface area contributed by atoms with Gasteiger partial charge in [0, 0.05) is 5.70 Å². The predicted octanol–water partition coefficient (Wildman–Crippen LogP) is 3.53. The summed E-state index contributed by atoms with van der Waals surface area (Å²) in [4.78, 5) is 0.0519. The Morgan fingerprint density at radius 3 is 1.80 bits per heavy atom. The number of nitrogens with one attached hydrogen (secondary N) is 1. The Morgan fingerprint density at radius 2 is 1.35 bits per heavy atom. The van der Waals surface area contributed by atoms with E-state index in [1.54, 1.807) is 42.5 Å². The van der Waals surface area contributed by atoms with Crippen LogP contribution in [0.25, 0.3) is 0 Å². The van der Waals surface area contributed by atoms with Crippen molar-refractivity contribution in [1.82, 2.24) is 4.72 Å². The Labute approximate surface area is 121 Å². The molecule has 0 bridgehead atoms. The molecule has 0 aromatic rings. The van der Waals surface area contributed by atoms with Crippen LogP contribution in [-0.2, 0) is 10.0 Å². The Kier molecular flexibility index (Phi) is 8.46. The van der Waals surface area contributed by atoms with Crippen molar-refractivity contribution in [2.75, 3.05) is 0 Å². The molecular weight excluding hydrogens is 270 g/mol. The third kappa shape index (κ3) is 6.56. The molecule has 4 heteroatoms. The largest absolute Gasteiger partial charge is 0.280 e. The third-order valence-corrected chi connectivity index (χ3v) is 3.44. The van der Waals surface area contributed by atoms with Crippen molar-refractivity contribution >= 4 is 10.0 Å². The lowest BCUT2D eigenvalue weighted by atomic mass is 10.4. The lowest BCUT2D eigenvalue weighted by Gasteiger charge is -2.08. The number of hydrogen-bond acceptors (Lipinski definition) is 2. The number of rotatable bonds is 9. The van der Waals surface area contributed by atoms with Crippen LogP contribution in [0.1, 0.15) is 0 Å². The number of sulfonamides is 1. The molecule has 1 N–H and O–H groups in total. The summed E-state index contributed by atoms with van der Waals surface area (Å²) in [6.45, 7) is 14.1. The molecule has 0 spiro atoms. The fourth-order valence-electron chi connectivity index (χ4n) is 1.09. The van der Waals surface area contributed by atoms with Crippen LogP contribution in [0.5, 0.6) is 0 Å². The molecule has 0 aromatic carbocycles. The summed E-state index contributed by atoms with van der Waals surface area (Å²) >= 11 is 0. The normalized spacial score (nSPS) is 13.4. The SMILES string of the molecule is C=C/C=C\C=C(/C=C)NS(=O)(=O)/C(C=C)=C/C=C\C=C. The van der Waals surface area contributed by atoms with Gasteiger partial charge in [0.15, 0.2) is 0 Å². The minimum Gasteiger partial charge on any atom is -0.280 e. The van der Waals surface area contributed by atoms with Crippen molar-refractivity contribution in [2.24, 2.45) is 0 Å². The van der Waals surface area contributed by atoms with E-state index >= 15 is 0 Å². The molecule has 0 heterocycles. The molecule has 0 saturated heterocycles. The minimum atomic E-state index is -3.69. The van der Waals surface area contributed by atoms with Crippen molar-refractivity contribution < 1.29 is 8.42 Å². The molecule has 0 atom stereocenters. The highest BCUT2D eigenvalue weighted by atomic mass is 32.2. The average Bonchev–Trinajstić information content (AvgIpc) is 2.42. The lowest BCUT2D eigenvalue weighted by molar-refractivity contribution is 0.596. The maximum atomic E-state index is 12.1. The molecular formula is C16H19NO2S. The van der Waals surface area contributed by atoms with Crippen LogP contribution in [0.2, 0.25) is 0 Å². The summed E-state index contributed by atoms with van der Waals surface area (Å²) in [5.41, 5.74) is 0.351. The first-order valence-corrected chi connectivity index (χ1v) is 7.26. The fraction of sp³-hybridized carbons (Fsp3) is 0. The standard InChI is InChI=1S/C16H19NO2S/c1-5-9-11-13-15(7-3)17-20(18,19)16(8-4)14-12-10-6-2/h5-14,17H,1-4H2/b11-9-,12-10-,15-13+,16-14+. The van der Waals surface area contributed by atoms with E-state index in [2.05, 4.69) is 31.0 Å². The van der Waals surface area contributed by atoms with E-state index in [1.165, 1.54) is 18.2 Å². The van der Waals surface area contributed by atoms with Crippen molar-refractivity contribution in [3.05, 3.63) is 97.7 Å². The zero-order valence-corrected chi connectivity index (χ0v) is 12.1. The van der Waals surface area contributed by atoms with Gasteiger partial charge in [-0.15, -0.1) is 0 Å². The smallest absolute Gasteiger partial charge is 0.261 e. The molecule has 0 aromatic heterocycles. The van der Waals surface area contributed by atoms with Crippen LogP contribution >= 0.6 is 0 Å². The molecule has 3 nitrogen and oxygen atoms in total. The Balaban J connectivity index is 5.30. The van der Waals surface area contributed by atoms with Gasteiger partial charge in [-0.25, -0.2) is 8.42 Å². The van der Waals surface area contributed by atoms with Crippen LogP contribution in [0.15, 0.2) is 97.7 Å². The Hall–Kier alpha value is -2.33. The highest BCUT2D eigenvalue weighted by Crippen LogP contribution is 2.09. The van der Waals surface area contributed by atoms with Gasteiger partial charge in [0.25, 0.3) is 10.0 Å². The maximum absolute atomic E-state index is 12.1. The first kappa shape index (κ1) is 17.7. The number of allylic oxidation sites excluding steroid dienone is 10. The van der Waals surface area contributed by atoms with E-state index < -0.39 is 10.0 Å². The molecule has 0 unspecified atom stereocenters. The molecule has 0 amide bonds. The van der Waals surface area contributed by atoms with Gasteiger partial charge in [0.1, 0.15) is 0 Å². The van der Waals surface area contributed by atoms with E-state index in [-0.39, 0.29) is 4.91 Å². The van der Waals surface area contributed by atoms with Gasteiger partial charge in [-0.1, -0.05) is 62.8 Å². The molecule has 20 heavy (non-hydrogen) atoms. The molecule has 0 fully saturated rings. The molecule has 0 aliphatic carbocycles. The van der Waals surface area contributed by atoms with E-state index in [1.807, 2.05) is 0 Å². The molecule has 0 aliphatic rings.